The highest BCUT2D eigenvalue weighted by atomic mass is 35.5. The van der Waals surface area contributed by atoms with Gasteiger partial charge in [-0.15, -0.1) is 0 Å². The van der Waals surface area contributed by atoms with E-state index < -0.39 is 11.6 Å². The van der Waals surface area contributed by atoms with Gasteiger partial charge in [-0.2, -0.15) is 0 Å². The van der Waals surface area contributed by atoms with E-state index in [1.165, 1.54) is 11.0 Å². The highest BCUT2D eigenvalue weighted by Crippen LogP contribution is 2.34. The molecule has 1 aliphatic rings. The lowest BCUT2D eigenvalue weighted by Crippen LogP contribution is -2.38. The fraction of sp³-hybridized carbons (Fsp3) is 0.417. The van der Waals surface area contributed by atoms with E-state index in [-0.39, 0.29) is 12.4 Å². The van der Waals surface area contributed by atoms with Crippen LogP contribution in [0.2, 0.25) is 0 Å². The van der Waals surface area contributed by atoms with Crippen molar-refractivity contribution >= 4 is 17.7 Å². The molecule has 1 atom stereocenters. The molecule has 0 saturated heterocycles. The number of ether oxygens (including phenoxy) is 1. The molecule has 0 N–H and O–H groups in total. The molecule has 0 aliphatic carbocycles. The predicted molar refractivity (Wildman–Crippen MR) is 62.4 cm³/mol. The predicted octanol–water partition coefficient (Wildman–Crippen LogP) is 3.08. The maximum absolute atomic E-state index is 13.7. The van der Waals surface area contributed by atoms with Crippen molar-refractivity contribution in [2.75, 3.05) is 13.2 Å². The number of rotatable bonds is 1. The fourth-order valence-corrected chi connectivity index (χ4v) is 2.39. The molecule has 17 heavy (non-hydrogen) atoms. The van der Waals surface area contributed by atoms with Crippen LogP contribution in [0, 0.1) is 5.82 Å². The van der Waals surface area contributed by atoms with Crippen LogP contribution in [0.3, 0.4) is 0 Å². The third-order valence-corrected chi connectivity index (χ3v) is 3.23. The quantitative estimate of drug-likeness (QED) is 0.572. The van der Waals surface area contributed by atoms with Gasteiger partial charge in [-0.25, -0.2) is 9.18 Å². The number of hydrogen-bond donors (Lipinski definition) is 0. The molecule has 1 heterocycles. The molecule has 1 aromatic carbocycles. The van der Waals surface area contributed by atoms with E-state index in [1.807, 2.05) is 6.07 Å². The molecular weight excluding hydrogens is 245 g/mol. The van der Waals surface area contributed by atoms with Crippen molar-refractivity contribution in [1.82, 2.24) is 4.90 Å². The second-order valence-electron chi connectivity index (χ2n) is 3.79. The number of amides is 1. The van der Waals surface area contributed by atoms with Gasteiger partial charge >= 0.3 is 6.09 Å². The molecule has 0 spiro atoms. The molecule has 1 aliphatic heterocycles. The van der Waals surface area contributed by atoms with Crippen LogP contribution < -0.4 is 0 Å². The van der Waals surface area contributed by atoms with Gasteiger partial charge in [-0.05, 0) is 25.0 Å². The average Bonchev–Trinajstić information content (AvgIpc) is 2.29. The zero-order valence-electron chi connectivity index (χ0n) is 9.45. The first-order valence-electron chi connectivity index (χ1n) is 5.50. The van der Waals surface area contributed by atoms with Gasteiger partial charge in [0.05, 0.1) is 6.61 Å². The first kappa shape index (κ1) is 12.2. The van der Waals surface area contributed by atoms with Crippen molar-refractivity contribution in [1.29, 1.82) is 0 Å². The Morgan fingerprint density at radius 3 is 3.12 bits per heavy atom. The first-order chi connectivity index (χ1) is 8.15. The molecule has 1 unspecified atom stereocenters. The lowest BCUT2D eigenvalue weighted by atomic mass is 9.99. The molecule has 2 rings (SSSR count). The minimum absolute atomic E-state index is 0.281. The van der Waals surface area contributed by atoms with Crippen molar-refractivity contribution in [3.8, 4) is 0 Å². The van der Waals surface area contributed by atoms with Gasteiger partial charge in [-0.1, -0.05) is 23.7 Å². The van der Waals surface area contributed by atoms with Gasteiger partial charge in [0.2, 0.25) is 0 Å². The number of benzene rings is 1. The Kier molecular flexibility index (Phi) is 3.52. The normalized spacial score (nSPS) is 18.8. The monoisotopic (exact) mass is 257 g/mol. The molecule has 0 aromatic heterocycles. The summed E-state index contributed by atoms with van der Waals surface area (Å²) in [6.07, 6.45) is 0.0937. The van der Waals surface area contributed by atoms with Crippen molar-refractivity contribution < 1.29 is 13.9 Å². The van der Waals surface area contributed by atoms with E-state index in [2.05, 4.69) is 0 Å². The summed E-state index contributed by atoms with van der Waals surface area (Å²) in [7, 11) is 0. The van der Waals surface area contributed by atoms with Crippen LogP contribution in [0.15, 0.2) is 18.2 Å². The number of fused-ring (bicyclic) bond motifs is 1. The lowest BCUT2D eigenvalue weighted by Gasteiger charge is -2.32. The summed E-state index contributed by atoms with van der Waals surface area (Å²) in [5.74, 6) is -0.378. The Balaban J connectivity index is 2.29. The Hall–Kier alpha value is -1.29. The molecule has 0 saturated carbocycles. The third-order valence-electron chi connectivity index (χ3n) is 2.78. The van der Waals surface area contributed by atoms with Gasteiger partial charge < -0.3 is 4.74 Å². The maximum Gasteiger partial charge on any atom is 0.411 e. The van der Waals surface area contributed by atoms with E-state index in [0.717, 1.165) is 5.56 Å². The van der Waals surface area contributed by atoms with E-state index >= 15 is 0 Å². The second-order valence-corrected chi connectivity index (χ2v) is 4.20. The largest absolute Gasteiger partial charge is 0.450 e. The Bertz CT molecular complexity index is 439. The van der Waals surface area contributed by atoms with Crippen LogP contribution in [0.1, 0.15) is 23.6 Å². The third kappa shape index (κ3) is 2.22. The summed E-state index contributed by atoms with van der Waals surface area (Å²) in [4.78, 5) is 13.0. The number of alkyl halides is 1. The molecule has 5 heteroatoms. The molecule has 0 radical (unpaired) electrons. The topological polar surface area (TPSA) is 29.5 Å². The minimum atomic E-state index is -0.793. The molecule has 1 aromatic rings. The smallest absolute Gasteiger partial charge is 0.411 e. The SMILES string of the molecule is CCOC(=O)N1CCc2cccc(F)c2C1Cl. The number of nitrogens with zero attached hydrogens (tertiary/aromatic N) is 1. The van der Waals surface area contributed by atoms with Crippen molar-refractivity contribution in [2.24, 2.45) is 0 Å². The Labute approximate surface area is 104 Å². The summed E-state index contributed by atoms with van der Waals surface area (Å²) < 4.78 is 18.6. The maximum atomic E-state index is 13.7. The van der Waals surface area contributed by atoms with Crippen molar-refractivity contribution in [3.63, 3.8) is 0 Å². The van der Waals surface area contributed by atoms with Crippen molar-refractivity contribution in [3.05, 3.63) is 35.1 Å². The zero-order chi connectivity index (χ0) is 12.4. The summed E-state index contributed by atoms with van der Waals surface area (Å²) in [6, 6.07) is 4.83. The number of carbonyl (C=O) groups excluding carboxylic acids is 1. The molecule has 0 bridgehead atoms. The van der Waals surface area contributed by atoms with Crippen LogP contribution in [0.5, 0.6) is 0 Å². The van der Waals surface area contributed by atoms with Crippen LogP contribution in [-0.4, -0.2) is 24.1 Å². The van der Waals surface area contributed by atoms with Crippen molar-refractivity contribution in [2.45, 2.75) is 18.8 Å². The molecule has 92 valence electrons. The van der Waals surface area contributed by atoms with Gasteiger partial charge in [0.1, 0.15) is 11.3 Å². The molecular formula is C12H13ClFNO2. The summed E-state index contributed by atoms with van der Waals surface area (Å²) >= 11 is 6.13. The van der Waals surface area contributed by atoms with Crippen LogP contribution >= 0.6 is 11.6 Å². The highest BCUT2D eigenvalue weighted by Gasteiger charge is 2.32. The van der Waals surface area contributed by atoms with Gasteiger partial charge in [0.15, 0.2) is 0 Å². The van der Waals surface area contributed by atoms with Gasteiger partial charge in [0.25, 0.3) is 0 Å². The Morgan fingerprint density at radius 2 is 2.41 bits per heavy atom. The fourth-order valence-electron chi connectivity index (χ4n) is 1.97. The molecule has 3 nitrogen and oxygen atoms in total. The zero-order valence-corrected chi connectivity index (χ0v) is 10.2. The second kappa shape index (κ2) is 4.92. The number of carbonyl (C=O) groups is 1. The standard InChI is InChI=1S/C12H13ClFNO2/c1-2-17-12(16)15-7-6-8-4-3-5-9(14)10(8)11(15)13/h3-5,11H,2,6-7H2,1H3. The van der Waals surface area contributed by atoms with Crippen LogP contribution in [0.4, 0.5) is 9.18 Å². The minimum Gasteiger partial charge on any atom is -0.450 e. The highest BCUT2D eigenvalue weighted by molar-refractivity contribution is 6.21. The van der Waals surface area contributed by atoms with E-state index in [9.17, 15) is 9.18 Å². The summed E-state index contributed by atoms with van der Waals surface area (Å²) in [6.45, 7) is 2.45. The first-order valence-corrected chi connectivity index (χ1v) is 5.93. The summed E-state index contributed by atoms with van der Waals surface area (Å²) in [5.41, 5.74) is 0.443. The van der Waals surface area contributed by atoms with Gasteiger partial charge in [0, 0.05) is 12.1 Å². The molecule has 0 fully saturated rings. The number of hydrogen-bond acceptors (Lipinski definition) is 2. The van der Waals surface area contributed by atoms with E-state index in [1.54, 1.807) is 13.0 Å². The number of halogens is 2. The Morgan fingerprint density at radius 1 is 1.65 bits per heavy atom. The van der Waals surface area contributed by atoms with Crippen LogP contribution in [-0.2, 0) is 11.2 Å². The average molecular weight is 258 g/mol. The van der Waals surface area contributed by atoms with E-state index in [0.29, 0.717) is 18.5 Å². The summed E-state index contributed by atoms with van der Waals surface area (Å²) in [5, 5.41) is 0. The van der Waals surface area contributed by atoms with Crippen LogP contribution in [0.25, 0.3) is 0 Å². The van der Waals surface area contributed by atoms with E-state index in [4.69, 9.17) is 16.3 Å². The molecule has 1 amide bonds. The van der Waals surface area contributed by atoms with Gasteiger partial charge in [-0.3, -0.25) is 4.90 Å². The lowest BCUT2D eigenvalue weighted by molar-refractivity contribution is 0.0994.